The Labute approximate surface area is 305 Å². The molecule has 1 saturated heterocycles. The summed E-state index contributed by atoms with van der Waals surface area (Å²) in [7, 11) is 0. The molecule has 0 aliphatic carbocycles. The van der Waals surface area contributed by atoms with Crippen molar-refractivity contribution in [3.05, 3.63) is 35.9 Å². The van der Waals surface area contributed by atoms with Crippen LogP contribution in [0.2, 0.25) is 0 Å². The first-order valence-electron chi connectivity index (χ1n) is 17.8. The summed E-state index contributed by atoms with van der Waals surface area (Å²) < 4.78 is 0. The van der Waals surface area contributed by atoms with Crippen molar-refractivity contribution in [2.75, 3.05) is 19.7 Å². The second-order valence-corrected chi connectivity index (χ2v) is 14.0. The highest BCUT2D eigenvalue weighted by molar-refractivity contribution is 5.96. The molecule has 0 unspecified atom stereocenters. The number of aliphatic imine (C=N–C) groups is 1. The minimum absolute atomic E-state index is 0.0655. The van der Waals surface area contributed by atoms with Gasteiger partial charge in [0.1, 0.15) is 36.3 Å². The van der Waals surface area contributed by atoms with E-state index in [9.17, 15) is 33.9 Å². The van der Waals surface area contributed by atoms with Crippen LogP contribution in [-0.4, -0.2) is 107 Å². The highest BCUT2D eigenvalue weighted by Crippen LogP contribution is 2.20. The number of primary amides is 1. The predicted octanol–water partition coefficient (Wildman–Crippen LogP) is -1.89. The van der Waals surface area contributed by atoms with E-state index in [0.717, 1.165) is 5.56 Å². The van der Waals surface area contributed by atoms with Crippen molar-refractivity contribution in [1.29, 1.82) is 0 Å². The molecule has 13 N–H and O–H groups in total. The maximum atomic E-state index is 13.9. The SMILES string of the molecule is CC(C)C[C@H](NC(=O)[C@H](Cc1ccccc1)NC(=O)[C@@H](N)CO)C(=O)N[C@@H](CC(C)C)C(=O)N[C@@H](CCCN=C(N)N)C(=O)N1CCC[C@H]1C(N)=O. The van der Waals surface area contributed by atoms with Crippen molar-refractivity contribution in [1.82, 2.24) is 26.2 Å². The van der Waals surface area contributed by atoms with Gasteiger partial charge in [0.15, 0.2) is 5.96 Å². The molecule has 1 aliphatic rings. The molecule has 1 aromatic carbocycles. The van der Waals surface area contributed by atoms with Gasteiger partial charge in [0, 0.05) is 19.5 Å². The second kappa shape index (κ2) is 21.6. The standard InChI is InChI=1S/C35H58N10O7/c1-20(2)16-25(31(49)41-24(12-8-14-40-35(38)39)34(52)45-15-9-13-28(45)29(37)47)43-32(50)26(17-21(3)4)44-33(51)27(42-30(48)23(36)19-46)18-22-10-6-5-7-11-22/h5-7,10-11,20-21,23-28,46H,8-9,12-19,36H2,1-4H3,(H2,37,47)(H,41,49)(H,42,48)(H,43,50)(H,44,51)(H4,38,39,40)/t23-,24-,25-,26-,27-,28-/m0/s1. The van der Waals surface area contributed by atoms with Gasteiger partial charge >= 0.3 is 0 Å². The summed E-state index contributed by atoms with van der Waals surface area (Å²) in [4.78, 5) is 85.2. The maximum absolute atomic E-state index is 13.9. The molecule has 0 spiro atoms. The first-order valence-corrected chi connectivity index (χ1v) is 17.8. The summed E-state index contributed by atoms with van der Waals surface area (Å²) in [5, 5.41) is 20.3. The molecule has 6 atom stereocenters. The van der Waals surface area contributed by atoms with Crippen LogP contribution in [0.25, 0.3) is 0 Å². The number of aliphatic hydroxyl groups excluding tert-OH is 1. The molecule has 290 valence electrons. The smallest absolute Gasteiger partial charge is 0.245 e. The molecule has 52 heavy (non-hydrogen) atoms. The van der Waals surface area contributed by atoms with Crippen molar-refractivity contribution in [2.24, 2.45) is 39.8 Å². The van der Waals surface area contributed by atoms with Crippen molar-refractivity contribution in [2.45, 2.75) is 109 Å². The summed E-state index contributed by atoms with van der Waals surface area (Å²) in [5.74, 6) is -4.03. The average molecular weight is 731 g/mol. The quantitative estimate of drug-likeness (QED) is 0.0385. The summed E-state index contributed by atoms with van der Waals surface area (Å²) in [6.45, 7) is 7.33. The Hall–Kier alpha value is -4.77. The van der Waals surface area contributed by atoms with E-state index in [4.69, 9.17) is 22.9 Å². The van der Waals surface area contributed by atoms with Crippen molar-refractivity contribution in [3.8, 4) is 0 Å². The molecule has 0 radical (unpaired) electrons. The van der Waals surface area contributed by atoms with E-state index in [1.807, 2.05) is 27.7 Å². The number of benzene rings is 1. The number of nitrogens with one attached hydrogen (secondary N) is 4. The highest BCUT2D eigenvalue weighted by atomic mass is 16.3. The van der Waals surface area contributed by atoms with Crippen molar-refractivity contribution in [3.63, 3.8) is 0 Å². The lowest BCUT2D eigenvalue weighted by Gasteiger charge is -2.30. The number of carbonyl (C=O) groups excluding carboxylic acids is 6. The van der Waals surface area contributed by atoms with Gasteiger partial charge in [-0.05, 0) is 55.9 Å². The van der Waals surface area contributed by atoms with E-state index >= 15 is 0 Å². The molecule has 1 aromatic rings. The fourth-order valence-corrected chi connectivity index (χ4v) is 5.93. The van der Waals surface area contributed by atoms with Crippen LogP contribution in [0.5, 0.6) is 0 Å². The molecular formula is C35H58N10O7. The van der Waals surface area contributed by atoms with Gasteiger partial charge in [0.05, 0.1) is 6.61 Å². The normalized spacial score (nSPS) is 17.0. The van der Waals surface area contributed by atoms with E-state index in [1.165, 1.54) is 4.90 Å². The largest absolute Gasteiger partial charge is 0.394 e. The lowest BCUT2D eigenvalue weighted by molar-refractivity contribution is -0.141. The maximum Gasteiger partial charge on any atom is 0.245 e. The molecule has 0 aromatic heterocycles. The molecule has 2 rings (SSSR count). The highest BCUT2D eigenvalue weighted by Gasteiger charge is 2.38. The number of guanidine groups is 1. The third kappa shape index (κ3) is 14.5. The first kappa shape index (κ1) is 43.4. The summed E-state index contributed by atoms with van der Waals surface area (Å²) >= 11 is 0. The fourth-order valence-electron chi connectivity index (χ4n) is 5.93. The Morgan fingerprint density at radius 2 is 1.33 bits per heavy atom. The minimum Gasteiger partial charge on any atom is -0.394 e. The topological polar surface area (TPSA) is 290 Å². The van der Waals surface area contributed by atoms with Gasteiger partial charge in [-0.25, -0.2) is 0 Å². The number of likely N-dealkylation sites (tertiary alicyclic amines) is 1. The van der Waals surface area contributed by atoms with Crippen LogP contribution in [0.3, 0.4) is 0 Å². The lowest BCUT2D eigenvalue weighted by Crippen LogP contribution is -2.60. The number of rotatable bonds is 21. The molecule has 1 fully saturated rings. The van der Waals surface area contributed by atoms with Gasteiger partial charge in [-0.15, -0.1) is 0 Å². The lowest BCUT2D eigenvalue weighted by atomic mass is 9.98. The zero-order chi connectivity index (χ0) is 39.0. The van der Waals surface area contributed by atoms with Crippen molar-refractivity contribution < 1.29 is 33.9 Å². The van der Waals surface area contributed by atoms with Gasteiger partial charge in [0.25, 0.3) is 0 Å². The van der Waals surface area contributed by atoms with Crippen LogP contribution < -0.4 is 44.2 Å². The molecule has 0 bridgehead atoms. The van der Waals surface area contributed by atoms with Crippen molar-refractivity contribution >= 4 is 41.4 Å². The number of nitrogens with two attached hydrogens (primary N) is 4. The molecular weight excluding hydrogens is 672 g/mol. The van der Waals surface area contributed by atoms with Crippen LogP contribution in [0.15, 0.2) is 35.3 Å². The van der Waals surface area contributed by atoms with E-state index in [2.05, 4.69) is 26.3 Å². The summed E-state index contributed by atoms with van der Waals surface area (Å²) in [5.41, 5.74) is 22.9. The Morgan fingerprint density at radius 1 is 0.808 bits per heavy atom. The number of hydrogen-bond acceptors (Lipinski definition) is 9. The predicted molar refractivity (Wildman–Crippen MR) is 196 cm³/mol. The van der Waals surface area contributed by atoms with E-state index in [0.29, 0.717) is 25.8 Å². The third-order valence-electron chi connectivity index (χ3n) is 8.55. The van der Waals surface area contributed by atoms with E-state index in [1.54, 1.807) is 30.3 Å². The van der Waals surface area contributed by atoms with Gasteiger partial charge in [0.2, 0.25) is 35.4 Å². The number of carbonyl (C=O) groups is 6. The molecule has 17 heteroatoms. The Bertz CT molecular complexity index is 1390. The van der Waals surface area contributed by atoms with Crippen LogP contribution in [0, 0.1) is 11.8 Å². The zero-order valence-corrected chi connectivity index (χ0v) is 30.7. The van der Waals surface area contributed by atoms with Crippen LogP contribution in [0.4, 0.5) is 0 Å². The molecule has 17 nitrogen and oxygen atoms in total. The molecule has 6 amide bonds. The van der Waals surface area contributed by atoms with E-state index < -0.39 is 78.3 Å². The molecule has 1 heterocycles. The van der Waals surface area contributed by atoms with Crippen LogP contribution >= 0.6 is 0 Å². The molecule has 1 aliphatic heterocycles. The summed E-state index contributed by atoms with van der Waals surface area (Å²) in [6.07, 6.45) is 1.95. The first-order chi connectivity index (χ1) is 24.5. The number of hydrogen-bond donors (Lipinski definition) is 9. The van der Waals surface area contributed by atoms with Crippen LogP contribution in [-0.2, 0) is 35.2 Å². The van der Waals surface area contributed by atoms with Gasteiger partial charge in [-0.2, -0.15) is 0 Å². The fraction of sp³-hybridized carbons (Fsp3) is 0.629. The molecule has 0 saturated carbocycles. The van der Waals surface area contributed by atoms with Gasteiger partial charge in [-0.1, -0.05) is 58.0 Å². The number of amides is 6. The Morgan fingerprint density at radius 3 is 1.83 bits per heavy atom. The number of aliphatic hydroxyl groups is 1. The second-order valence-electron chi connectivity index (χ2n) is 14.0. The third-order valence-corrected chi connectivity index (χ3v) is 8.55. The Balaban J connectivity index is 2.32. The summed E-state index contributed by atoms with van der Waals surface area (Å²) in [6, 6.07) is 2.47. The minimum atomic E-state index is -1.26. The monoisotopic (exact) mass is 730 g/mol. The van der Waals surface area contributed by atoms with Gasteiger partial charge in [-0.3, -0.25) is 33.8 Å². The number of nitrogens with zero attached hydrogens (tertiary/aromatic N) is 2. The Kier molecular flexibility index (Phi) is 18.0. The van der Waals surface area contributed by atoms with Crippen LogP contribution in [0.1, 0.15) is 71.8 Å². The zero-order valence-electron chi connectivity index (χ0n) is 30.7. The average Bonchev–Trinajstić information content (AvgIpc) is 3.58. The van der Waals surface area contributed by atoms with E-state index in [-0.39, 0.29) is 50.0 Å². The van der Waals surface area contributed by atoms with Gasteiger partial charge < -0.3 is 54.2 Å².